The maximum atomic E-state index is 10.8. The van der Waals surface area contributed by atoms with Crippen LogP contribution in [0.3, 0.4) is 0 Å². The quantitative estimate of drug-likeness (QED) is 0.371. The van der Waals surface area contributed by atoms with E-state index in [0.29, 0.717) is 0 Å². The lowest BCUT2D eigenvalue weighted by Gasteiger charge is -2.05. The summed E-state index contributed by atoms with van der Waals surface area (Å²) in [5.74, 6) is -0.117. The summed E-state index contributed by atoms with van der Waals surface area (Å²) >= 11 is 0. The van der Waals surface area contributed by atoms with Gasteiger partial charge in [0.05, 0.1) is 0 Å². The van der Waals surface area contributed by atoms with Crippen LogP contribution in [0, 0.1) is 5.92 Å². The molecule has 1 atom stereocenters. The van der Waals surface area contributed by atoms with Gasteiger partial charge in [-0.2, -0.15) is 0 Å². The summed E-state index contributed by atoms with van der Waals surface area (Å²) < 4.78 is 0. The number of rotatable bonds is 13. The van der Waals surface area contributed by atoms with Gasteiger partial charge in [-0.1, -0.05) is 64.5 Å². The van der Waals surface area contributed by atoms with Gasteiger partial charge >= 0.3 is 0 Å². The van der Waals surface area contributed by atoms with E-state index in [1.54, 1.807) is 0 Å². The number of primary amides is 1. The summed E-state index contributed by atoms with van der Waals surface area (Å²) in [6.07, 6.45) is 18.4. The highest BCUT2D eigenvalue weighted by Gasteiger charge is 2.06. The van der Waals surface area contributed by atoms with Gasteiger partial charge in [-0.05, 0) is 32.1 Å². The normalized spacial score (nSPS) is 12.9. The van der Waals surface area contributed by atoms with E-state index in [-0.39, 0.29) is 11.8 Å². The molecule has 1 unspecified atom stereocenters. The molecule has 2 N–H and O–H groups in total. The summed E-state index contributed by atoms with van der Waals surface area (Å²) in [4.78, 5) is 10.8. The van der Waals surface area contributed by atoms with Gasteiger partial charge in [0.25, 0.3) is 0 Å². The van der Waals surface area contributed by atoms with Crippen molar-refractivity contribution in [2.45, 2.75) is 84.5 Å². The summed E-state index contributed by atoms with van der Waals surface area (Å²) in [5, 5.41) is 0. The minimum Gasteiger partial charge on any atom is -0.369 e. The average Bonchev–Trinajstić information content (AvgIpc) is 2.39. The van der Waals surface area contributed by atoms with E-state index in [9.17, 15) is 4.79 Å². The van der Waals surface area contributed by atoms with Crippen molar-refractivity contribution < 1.29 is 4.79 Å². The SMILES string of the molecule is CCCCCC/C=C\CCCCCCC(C)C(N)=O. The number of allylic oxidation sites excluding steroid dienone is 2. The zero-order chi connectivity index (χ0) is 14.3. The van der Waals surface area contributed by atoms with Crippen LogP contribution in [-0.4, -0.2) is 5.91 Å². The Hall–Kier alpha value is -0.790. The fraction of sp³-hybridized carbons (Fsp3) is 0.824. The molecule has 0 fully saturated rings. The summed E-state index contributed by atoms with van der Waals surface area (Å²) in [6, 6.07) is 0. The Morgan fingerprint density at radius 2 is 1.47 bits per heavy atom. The van der Waals surface area contributed by atoms with E-state index in [0.717, 1.165) is 12.8 Å². The number of nitrogens with two attached hydrogens (primary N) is 1. The van der Waals surface area contributed by atoms with Crippen LogP contribution in [0.4, 0.5) is 0 Å². The van der Waals surface area contributed by atoms with Crippen molar-refractivity contribution in [3.63, 3.8) is 0 Å². The molecule has 19 heavy (non-hydrogen) atoms. The van der Waals surface area contributed by atoms with Crippen LogP contribution in [0.15, 0.2) is 12.2 Å². The van der Waals surface area contributed by atoms with Crippen molar-refractivity contribution in [1.29, 1.82) is 0 Å². The van der Waals surface area contributed by atoms with Gasteiger partial charge < -0.3 is 5.73 Å². The molecular weight excluding hydrogens is 234 g/mol. The van der Waals surface area contributed by atoms with E-state index in [1.165, 1.54) is 57.8 Å². The maximum Gasteiger partial charge on any atom is 0.220 e. The lowest BCUT2D eigenvalue weighted by atomic mass is 10.0. The van der Waals surface area contributed by atoms with Crippen LogP contribution in [0.25, 0.3) is 0 Å². The number of carbonyl (C=O) groups excluding carboxylic acids is 1. The molecule has 0 aromatic carbocycles. The fourth-order valence-electron chi connectivity index (χ4n) is 2.13. The van der Waals surface area contributed by atoms with Gasteiger partial charge in [0.2, 0.25) is 5.91 Å². The van der Waals surface area contributed by atoms with Gasteiger partial charge in [-0.3, -0.25) is 4.79 Å². The third-order valence-corrected chi connectivity index (χ3v) is 3.63. The predicted molar refractivity (Wildman–Crippen MR) is 84.0 cm³/mol. The molecule has 0 saturated heterocycles. The number of amides is 1. The molecule has 0 saturated carbocycles. The van der Waals surface area contributed by atoms with Crippen molar-refractivity contribution in [2.24, 2.45) is 11.7 Å². The van der Waals surface area contributed by atoms with Gasteiger partial charge in [-0.15, -0.1) is 0 Å². The minimum atomic E-state index is -0.161. The Labute approximate surface area is 119 Å². The van der Waals surface area contributed by atoms with Crippen molar-refractivity contribution in [3.05, 3.63) is 12.2 Å². The molecule has 1 amide bonds. The van der Waals surface area contributed by atoms with Crippen LogP contribution in [0.1, 0.15) is 84.5 Å². The monoisotopic (exact) mass is 267 g/mol. The number of carbonyl (C=O) groups is 1. The molecule has 112 valence electrons. The molecule has 0 radical (unpaired) electrons. The van der Waals surface area contributed by atoms with Crippen molar-refractivity contribution in [2.75, 3.05) is 0 Å². The first kappa shape index (κ1) is 18.2. The summed E-state index contributed by atoms with van der Waals surface area (Å²) in [6.45, 7) is 4.17. The van der Waals surface area contributed by atoms with Crippen molar-refractivity contribution >= 4 is 5.91 Å². The summed E-state index contributed by atoms with van der Waals surface area (Å²) in [5.41, 5.74) is 5.23. The third kappa shape index (κ3) is 13.4. The molecule has 0 rings (SSSR count). The highest BCUT2D eigenvalue weighted by Crippen LogP contribution is 2.11. The fourth-order valence-corrected chi connectivity index (χ4v) is 2.13. The third-order valence-electron chi connectivity index (χ3n) is 3.63. The van der Waals surface area contributed by atoms with Gasteiger partial charge in [0.15, 0.2) is 0 Å². The van der Waals surface area contributed by atoms with E-state index >= 15 is 0 Å². The van der Waals surface area contributed by atoms with Crippen LogP contribution in [-0.2, 0) is 4.79 Å². The molecule has 2 heteroatoms. The van der Waals surface area contributed by atoms with Crippen LogP contribution in [0.2, 0.25) is 0 Å². The number of hydrogen-bond donors (Lipinski definition) is 1. The number of unbranched alkanes of at least 4 members (excludes halogenated alkanes) is 8. The van der Waals surface area contributed by atoms with Gasteiger partial charge in [-0.25, -0.2) is 0 Å². The Morgan fingerprint density at radius 1 is 0.947 bits per heavy atom. The molecule has 0 aromatic heterocycles. The van der Waals surface area contributed by atoms with E-state index in [4.69, 9.17) is 5.73 Å². The molecule has 0 aliphatic carbocycles. The predicted octanol–water partition coefficient (Wildman–Crippen LogP) is 4.98. The average molecular weight is 267 g/mol. The smallest absolute Gasteiger partial charge is 0.220 e. The van der Waals surface area contributed by atoms with E-state index in [1.807, 2.05) is 6.92 Å². The first-order valence-corrected chi connectivity index (χ1v) is 8.12. The van der Waals surface area contributed by atoms with Gasteiger partial charge in [0, 0.05) is 5.92 Å². The lowest BCUT2D eigenvalue weighted by Crippen LogP contribution is -2.20. The van der Waals surface area contributed by atoms with E-state index < -0.39 is 0 Å². The standard InChI is InChI=1S/C17H33NO/c1-3-4-5-6-7-8-9-10-11-12-13-14-15-16(2)17(18)19/h8-9,16H,3-7,10-15H2,1-2H3,(H2,18,19)/b9-8-. The molecule has 0 aromatic rings. The van der Waals surface area contributed by atoms with Crippen LogP contribution in [0.5, 0.6) is 0 Å². The highest BCUT2D eigenvalue weighted by atomic mass is 16.1. The van der Waals surface area contributed by atoms with Crippen molar-refractivity contribution in [1.82, 2.24) is 0 Å². The first-order valence-electron chi connectivity index (χ1n) is 8.12. The lowest BCUT2D eigenvalue weighted by molar-refractivity contribution is -0.121. The van der Waals surface area contributed by atoms with E-state index in [2.05, 4.69) is 19.1 Å². The van der Waals surface area contributed by atoms with Crippen molar-refractivity contribution in [3.8, 4) is 0 Å². The minimum absolute atomic E-state index is 0.0445. The molecule has 0 spiro atoms. The Balaban J connectivity index is 3.18. The second kappa shape index (κ2) is 13.6. The largest absolute Gasteiger partial charge is 0.369 e. The first-order chi connectivity index (χ1) is 9.18. The molecular formula is C17H33NO. The zero-order valence-corrected chi connectivity index (χ0v) is 13.0. The maximum absolute atomic E-state index is 10.8. The zero-order valence-electron chi connectivity index (χ0n) is 13.0. The Kier molecular flexibility index (Phi) is 13.1. The Bertz CT molecular complexity index is 235. The highest BCUT2D eigenvalue weighted by molar-refractivity contribution is 5.76. The second-order valence-corrected chi connectivity index (χ2v) is 5.62. The molecule has 0 aliphatic rings. The number of hydrogen-bond acceptors (Lipinski definition) is 1. The molecule has 2 nitrogen and oxygen atoms in total. The molecule has 0 aliphatic heterocycles. The van der Waals surface area contributed by atoms with Gasteiger partial charge in [0.1, 0.15) is 0 Å². The Morgan fingerprint density at radius 3 is 2.00 bits per heavy atom. The molecule has 0 heterocycles. The second-order valence-electron chi connectivity index (χ2n) is 5.62. The summed E-state index contributed by atoms with van der Waals surface area (Å²) in [7, 11) is 0. The van der Waals surface area contributed by atoms with Crippen LogP contribution < -0.4 is 5.73 Å². The topological polar surface area (TPSA) is 43.1 Å². The molecule has 0 bridgehead atoms. The van der Waals surface area contributed by atoms with Crippen LogP contribution >= 0.6 is 0 Å².